The summed E-state index contributed by atoms with van der Waals surface area (Å²) in [5, 5.41) is 2.85. The second kappa shape index (κ2) is 6.86. The minimum Gasteiger partial charge on any atom is -0.302 e. The molecular weight excluding hydrogens is 325 g/mol. The van der Waals surface area contributed by atoms with E-state index < -0.39 is 17.5 Å². The summed E-state index contributed by atoms with van der Waals surface area (Å²) in [6, 6.07) is 0.900. The number of benzene rings is 1. The van der Waals surface area contributed by atoms with Gasteiger partial charge in [0.25, 0.3) is 0 Å². The summed E-state index contributed by atoms with van der Waals surface area (Å²) >= 11 is 0.946. The molecule has 0 radical (unpaired) electrons. The van der Waals surface area contributed by atoms with Gasteiger partial charge in [0.15, 0.2) is 22.6 Å². The zero-order valence-electron chi connectivity index (χ0n) is 12.5. The topological polar surface area (TPSA) is 42.0 Å². The van der Waals surface area contributed by atoms with E-state index in [1.807, 2.05) is 0 Å². The molecule has 1 aromatic carbocycles. The molecule has 0 saturated heterocycles. The van der Waals surface area contributed by atoms with Crippen molar-refractivity contribution in [2.75, 3.05) is 5.32 Å². The normalized spacial score (nSPS) is 17.0. The van der Waals surface area contributed by atoms with Crippen LogP contribution in [0.1, 0.15) is 44.9 Å². The van der Waals surface area contributed by atoms with Crippen LogP contribution >= 0.6 is 11.3 Å². The Hall–Kier alpha value is -1.63. The van der Waals surface area contributed by atoms with E-state index in [4.69, 9.17) is 0 Å². The number of thiazole rings is 1. The summed E-state index contributed by atoms with van der Waals surface area (Å²) in [7, 11) is 0. The number of nitrogens with one attached hydrogen (secondary N) is 1. The van der Waals surface area contributed by atoms with Gasteiger partial charge < -0.3 is 5.32 Å². The molecule has 0 atom stereocenters. The second-order valence-electron chi connectivity index (χ2n) is 5.88. The number of fused-ring (bicyclic) bond motifs is 1. The monoisotopic (exact) mass is 342 g/mol. The van der Waals surface area contributed by atoms with Crippen molar-refractivity contribution in [3.63, 3.8) is 0 Å². The molecule has 1 N–H and O–H groups in total. The van der Waals surface area contributed by atoms with Gasteiger partial charge in [-0.25, -0.2) is 18.2 Å². The SMILES string of the molecule is O=C(Nc1nc2c(F)c(F)c(F)cc2s1)C1CCCCCCC1. The van der Waals surface area contributed by atoms with E-state index >= 15 is 0 Å². The Kier molecular flexibility index (Phi) is 4.84. The molecule has 1 fully saturated rings. The molecule has 23 heavy (non-hydrogen) atoms. The van der Waals surface area contributed by atoms with Gasteiger partial charge in [-0.05, 0) is 18.9 Å². The van der Waals surface area contributed by atoms with Crippen LogP contribution in [0.4, 0.5) is 18.3 Å². The second-order valence-corrected chi connectivity index (χ2v) is 6.91. The molecule has 0 unspecified atom stereocenters. The number of carbonyl (C=O) groups excluding carboxylic acids is 1. The first-order valence-electron chi connectivity index (χ1n) is 7.81. The molecule has 3 nitrogen and oxygen atoms in total. The molecule has 2 aromatic rings. The molecule has 1 heterocycles. The molecule has 0 bridgehead atoms. The van der Waals surface area contributed by atoms with E-state index in [0.717, 1.165) is 55.9 Å². The van der Waals surface area contributed by atoms with Crippen LogP contribution in [0.2, 0.25) is 0 Å². The highest BCUT2D eigenvalue weighted by Gasteiger charge is 2.22. The van der Waals surface area contributed by atoms with Gasteiger partial charge in [0.2, 0.25) is 5.91 Å². The zero-order valence-corrected chi connectivity index (χ0v) is 13.3. The number of rotatable bonds is 2. The van der Waals surface area contributed by atoms with Crippen LogP contribution in [-0.4, -0.2) is 10.9 Å². The first-order valence-corrected chi connectivity index (χ1v) is 8.63. The summed E-state index contributed by atoms with van der Waals surface area (Å²) in [6.07, 6.45) is 7.17. The van der Waals surface area contributed by atoms with Gasteiger partial charge in [0.1, 0.15) is 5.52 Å². The van der Waals surface area contributed by atoms with Gasteiger partial charge >= 0.3 is 0 Å². The third-order valence-electron chi connectivity index (χ3n) is 4.23. The van der Waals surface area contributed by atoms with E-state index in [1.165, 1.54) is 6.42 Å². The third kappa shape index (κ3) is 3.49. The van der Waals surface area contributed by atoms with E-state index in [9.17, 15) is 18.0 Å². The lowest BCUT2D eigenvalue weighted by atomic mass is 9.90. The van der Waals surface area contributed by atoms with Crippen LogP contribution in [0.3, 0.4) is 0 Å². The molecule has 7 heteroatoms. The number of nitrogens with zero attached hydrogens (tertiary/aromatic N) is 1. The lowest BCUT2D eigenvalue weighted by Gasteiger charge is -2.18. The maximum atomic E-state index is 13.7. The number of aromatic nitrogens is 1. The fourth-order valence-corrected chi connectivity index (χ4v) is 3.84. The summed E-state index contributed by atoms with van der Waals surface area (Å²) in [4.78, 5) is 16.2. The highest BCUT2D eigenvalue weighted by Crippen LogP contribution is 2.31. The first-order chi connectivity index (χ1) is 11.1. The van der Waals surface area contributed by atoms with Crippen LogP contribution in [0.5, 0.6) is 0 Å². The maximum absolute atomic E-state index is 13.7. The predicted octanol–water partition coefficient (Wildman–Crippen LogP) is 5.01. The van der Waals surface area contributed by atoms with Gasteiger partial charge in [-0.1, -0.05) is 43.4 Å². The van der Waals surface area contributed by atoms with Crippen molar-refractivity contribution >= 4 is 32.6 Å². The largest absolute Gasteiger partial charge is 0.302 e. The van der Waals surface area contributed by atoms with Crippen molar-refractivity contribution in [3.05, 3.63) is 23.5 Å². The van der Waals surface area contributed by atoms with Crippen molar-refractivity contribution in [2.24, 2.45) is 5.92 Å². The molecular formula is C16H17F3N2OS. The van der Waals surface area contributed by atoms with Crippen molar-refractivity contribution < 1.29 is 18.0 Å². The Bertz CT molecular complexity index is 724. The van der Waals surface area contributed by atoms with Crippen LogP contribution in [0.15, 0.2) is 6.07 Å². The van der Waals surface area contributed by atoms with Gasteiger partial charge in [-0.15, -0.1) is 0 Å². The Labute approximate surface area is 135 Å². The van der Waals surface area contributed by atoms with Crippen LogP contribution in [-0.2, 0) is 4.79 Å². The van der Waals surface area contributed by atoms with Crippen molar-refractivity contribution in [1.82, 2.24) is 4.98 Å². The molecule has 1 saturated carbocycles. The van der Waals surface area contributed by atoms with E-state index in [-0.39, 0.29) is 27.2 Å². The minimum absolute atomic E-state index is 0.0827. The quantitative estimate of drug-likeness (QED) is 0.779. The van der Waals surface area contributed by atoms with Gasteiger partial charge in [-0.3, -0.25) is 4.79 Å². The lowest BCUT2D eigenvalue weighted by Crippen LogP contribution is -2.23. The Morgan fingerprint density at radius 1 is 1.09 bits per heavy atom. The van der Waals surface area contributed by atoms with Crippen LogP contribution in [0, 0.1) is 23.4 Å². The van der Waals surface area contributed by atoms with Crippen molar-refractivity contribution in [3.8, 4) is 0 Å². The summed E-state index contributed by atoms with van der Waals surface area (Å²) in [5.74, 6) is -4.34. The predicted molar refractivity (Wildman–Crippen MR) is 83.9 cm³/mol. The van der Waals surface area contributed by atoms with Gasteiger partial charge in [-0.2, -0.15) is 0 Å². The average Bonchev–Trinajstić information content (AvgIpc) is 2.87. The Morgan fingerprint density at radius 3 is 2.43 bits per heavy atom. The van der Waals surface area contributed by atoms with Crippen LogP contribution < -0.4 is 5.32 Å². The number of hydrogen-bond donors (Lipinski definition) is 1. The highest BCUT2D eigenvalue weighted by molar-refractivity contribution is 7.22. The van der Waals surface area contributed by atoms with Crippen LogP contribution in [0.25, 0.3) is 10.2 Å². The number of anilines is 1. The minimum atomic E-state index is -1.54. The molecule has 1 aliphatic carbocycles. The molecule has 124 valence electrons. The van der Waals surface area contributed by atoms with E-state index in [2.05, 4.69) is 10.3 Å². The summed E-state index contributed by atoms with van der Waals surface area (Å²) in [5.41, 5.74) is -0.248. The van der Waals surface area contributed by atoms with Crippen molar-refractivity contribution in [2.45, 2.75) is 44.9 Å². The Balaban J connectivity index is 1.78. The lowest BCUT2D eigenvalue weighted by molar-refractivity contribution is -0.120. The third-order valence-corrected chi connectivity index (χ3v) is 5.15. The standard InChI is InChI=1S/C16H17F3N2OS/c17-10-8-11-14(13(19)12(10)18)20-16(23-11)21-15(22)9-6-4-2-1-3-5-7-9/h8-9H,1-7H2,(H,20,21,22). The zero-order chi connectivity index (χ0) is 16.4. The first kappa shape index (κ1) is 16.2. The highest BCUT2D eigenvalue weighted by atomic mass is 32.1. The molecule has 3 rings (SSSR count). The summed E-state index contributed by atoms with van der Waals surface area (Å²) in [6.45, 7) is 0. The van der Waals surface area contributed by atoms with E-state index in [0.29, 0.717) is 0 Å². The van der Waals surface area contributed by atoms with Crippen molar-refractivity contribution in [1.29, 1.82) is 0 Å². The van der Waals surface area contributed by atoms with Gasteiger partial charge in [0.05, 0.1) is 4.70 Å². The molecule has 1 aromatic heterocycles. The maximum Gasteiger partial charge on any atom is 0.229 e. The molecule has 0 aliphatic heterocycles. The molecule has 0 spiro atoms. The Morgan fingerprint density at radius 2 is 1.74 bits per heavy atom. The van der Waals surface area contributed by atoms with Gasteiger partial charge in [0, 0.05) is 5.92 Å². The summed E-state index contributed by atoms with van der Waals surface area (Å²) < 4.78 is 40.3. The fraction of sp³-hybridized carbons (Fsp3) is 0.500. The average molecular weight is 342 g/mol. The molecule has 1 amide bonds. The number of hydrogen-bond acceptors (Lipinski definition) is 3. The number of carbonyl (C=O) groups is 1. The van der Waals surface area contributed by atoms with E-state index in [1.54, 1.807) is 0 Å². The molecule has 1 aliphatic rings. The fourth-order valence-electron chi connectivity index (χ4n) is 2.95. The number of halogens is 3. The number of amides is 1. The smallest absolute Gasteiger partial charge is 0.229 e.